The molecule has 0 radical (unpaired) electrons. The average molecular weight is 474 g/mol. The van der Waals surface area contributed by atoms with E-state index in [9.17, 15) is 18.7 Å². The molecular weight excluding hydrogens is 440 g/mol. The van der Waals surface area contributed by atoms with Gasteiger partial charge in [-0.25, -0.2) is 8.78 Å². The Kier molecular flexibility index (Phi) is 7.08. The van der Waals surface area contributed by atoms with Crippen LogP contribution in [0.25, 0.3) is 0 Å². The predicted octanol–water partition coefficient (Wildman–Crippen LogP) is 5.12. The largest absolute Gasteiger partial charge is 0.386 e. The van der Waals surface area contributed by atoms with E-state index < -0.39 is 17.0 Å². The van der Waals surface area contributed by atoms with Crippen LogP contribution in [0.2, 0.25) is 0 Å². The fourth-order valence-electron chi connectivity index (χ4n) is 5.17. The minimum atomic E-state index is -1.32. The molecule has 1 N–H and O–H groups in total. The first kappa shape index (κ1) is 24.8. The number of ether oxygens (including phenoxy) is 2. The van der Waals surface area contributed by atoms with E-state index in [1.807, 2.05) is 13.0 Å². The number of nitrogens with zero attached hydrogens (tertiary/aromatic N) is 1. The standard InChI is InChI=1S/C27H33F2NO4/c1-4-33-21-16-24(18-6-5-7-20(28)14-18)34-27(17-21)10-12-30(13-11-27)25(31)19-8-9-22(23(29)15-19)26(2,3)32/h5-9,14-15,21,24,32H,4,10-13,16-17H2,1-3H3. The van der Waals surface area contributed by atoms with E-state index in [1.165, 1.54) is 38.1 Å². The first-order chi connectivity index (χ1) is 16.1. The Bertz CT molecular complexity index is 1030. The number of carbonyl (C=O) groups excluding carboxylic acids is 1. The van der Waals surface area contributed by atoms with Crippen molar-refractivity contribution in [3.05, 3.63) is 70.8 Å². The van der Waals surface area contributed by atoms with Gasteiger partial charge in [-0.05, 0) is 63.4 Å². The Morgan fingerprint density at radius 1 is 1.21 bits per heavy atom. The molecule has 1 spiro atoms. The summed E-state index contributed by atoms with van der Waals surface area (Å²) < 4.78 is 40.9. The van der Waals surface area contributed by atoms with Gasteiger partial charge in [-0.2, -0.15) is 0 Å². The van der Waals surface area contributed by atoms with Crippen molar-refractivity contribution in [2.45, 2.75) is 69.9 Å². The van der Waals surface area contributed by atoms with E-state index in [-0.39, 0.29) is 35.1 Å². The number of rotatable bonds is 5. The van der Waals surface area contributed by atoms with E-state index >= 15 is 0 Å². The first-order valence-corrected chi connectivity index (χ1v) is 12.0. The van der Waals surface area contributed by atoms with Crippen LogP contribution in [-0.4, -0.2) is 47.3 Å². The summed E-state index contributed by atoms with van der Waals surface area (Å²) >= 11 is 0. The lowest BCUT2D eigenvalue weighted by Gasteiger charge is -2.48. The van der Waals surface area contributed by atoms with Crippen molar-refractivity contribution >= 4 is 5.91 Å². The van der Waals surface area contributed by atoms with Crippen molar-refractivity contribution < 1.29 is 28.2 Å². The van der Waals surface area contributed by atoms with Crippen molar-refractivity contribution in [3.8, 4) is 0 Å². The minimum Gasteiger partial charge on any atom is -0.386 e. The third-order valence-electron chi connectivity index (χ3n) is 6.93. The lowest BCUT2D eigenvalue weighted by molar-refractivity contribution is -0.190. The molecule has 2 aromatic rings. The van der Waals surface area contributed by atoms with Crippen LogP contribution in [0.3, 0.4) is 0 Å². The van der Waals surface area contributed by atoms with Crippen LogP contribution >= 0.6 is 0 Å². The molecule has 0 saturated carbocycles. The number of benzene rings is 2. The van der Waals surface area contributed by atoms with Gasteiger partial charge in [-0.15, -0.1) is 0 Å². The summed E-state index contributed by atoms with van der Waals surface area (Å²) in [4.78, 5) is 14.8. The van der Waals surface area contributed by atoms with Gasteiger partial charge < -0.3 is 19.5 Å². The number of aliphatic hydroxyl groups is 1. The third-order valence-corrected chi connectivity index (χ3v) is 6.93. The van der Waals surface area contributed by atoms with Crippen LogP contribution in [0.15, 0.2) is 42.5 Å². The number of likely N-dealkylation sites (tertiary alicyclic amines) is 1. The van der Waals surface area contributed by atoms with Crippen molar-refractivity contribution in [2.24, 2.45) is 0 Å². The Morgan fingerprint density at radius 3 is 2.56 bits per heavy atom. The van der Waals surface area contributed by atoms with E-state index in [0.717, 1.165) is 12.0 Å². The quantitative estimate of drug-likeness (QED) is 0.655. The van der Waals surface area contributed by atoms with Gasteiger partial charge in [0.25, 0.3) is 5.91 Å². The fourth-order valence-corrected chi connectivity index (χ4v) is 5.17. The summed E-state index contributed by atoms with van der Waals surface area (Å²) in [5, 5.41) is 10.1. The molecule has 4 rings (SSSR count). The molecule has 2 fully saturated rings. The lowest BCUT2D eigenvalue weighted by atomic mass is 9.80. The molecule has 7 heteroatoms. The maximum atomic E-state index is 14.5. The van der Waals surface area contributed by atoms with Gasteiger partial charge in [-0.1, -0.05) is 18.2 Å². The molecule has 34 heavy (non-hydrogen) atoms. The van der Waals surface area contributed by atoms with E-state index in [4.69, 9.17) is 9.47 Å². The zero-order valence-electron chi connectivity index (χ0n) is 20.0. The third kappa shape index (κ3) is 5.32. The second-order valence-corrected chi connectivity index (χ2v) is 9.91. The number of carbonyl (C=O) groups is 1. The second-order valence-electron chi connectivity index (χ2n) is 9.91. The molecule has 2 aliphatic heterocycles. The summed E-state index contributed by atoms with van der Waals surface area (Å²) in [7, 11) is 0. The molecule has 2 saturated heterocycles. The average Bonchev–Trinajstić information content (AvgIpc) is 2.78. The number of hydrogen-bond donors (Lipinski definition) is 1. The Morgan fingerprint density at radius 2 is 1.94 bits per heavy atom. The van der Waals surface area contributed by atoms with Crippen LogP contribution in [0.1, 0.15) is 74.0 Å². The van der Waals surface area contributed by atoms with Crippen molar-refractivity contribution in [2.75, 3.05) is 19.7 Å². The smallest absolute Gasteiger partial charge is 0.253 e. The number of hydrogen-bond acceptors (Lipinski definition) is 4. The minimum absolute atomic E-state index is 0.00209. The Hall–Kier alpha value is -2.35. The highest BCUT2D eigenvalue weighted by atomic mass is 19.1. The highest BCUT2D eigenvalue weighted by molar-refractivity contribution is 5.94. The van der Waals surface area contributed by atoms with Crippen LogP contribution in [0, 0.1) is 11.6 Å². The molecule has 0 bridgehead atoms. The zero-order valence-corrected chi connectivity index (χ0v) is 20.0. The van der Waals surface area contributed by atoms with Crippen LogP contribution < -0.4 is 0 Å². The molecule has 0 aliphatic carbocycles. The Labute approximate surface area is 199 Å². The topological polar surface area (TPSA) is 59.0 Å². The van der Waals surface area contributed by atoms with Gasteiger partial charge in [0.2, 0.25) is 0 Å². The summed E-state index contributed by atoms with van der Waals surface area (Å²) in [5.41, 5.74) is -0.568. The molecule has 2 heterocycles. The maximum Gasteiger partial charge on any atom is 0.253 e. The van der Waals surface area contributed by atoms with E-state index in [0.29, 0.717) is 39.0 Å². The van der Waals surface area contributed by atoms with E-state index in [2.05, 4.69) is 0 Å². The fraction of sp³-hybridized carbons (Fsp3) is 0.519. The highest BCUT2D eigenvalue weighted by Gasteiger charge is 2.45. The molecule has 2 aromatic carbocycles. The molecular formula is C27H33F2NO4. The van der Waals surface area contributed by atoms with E-state index in [1.54, 1.807) is 17.0 Å². The Balaban J connectivity index is 1.47. The predicted molar refractivity (Wildman–Crippen MR) is 124 cm³/mol. The molecule has 0 aromatic heterocycles. The normalized spacial score (nSPS) is 22.7. The maximum absolute atomic E-state index is 14.5. The lowest BCUT2D eigenvalue weighted by Crippen LogP contribution is -2.52. The van der Waals surface area contributed by atoms with Gasteiger partial charge >= 0.3 is 0 Å². The van der Waals surface area contributed by atoms with Gasteiger partial charge in [0, 0.05) is 43.7 Å². The zero-order chi connectivity index (χ0) is 24.5. The summed E-state index contributed by atoms with van der Waals surface area (Å²) in [5.74, 6) is -1.13. The van der Waals surface area contributed by atoms with Crippen LogP contribution in [0.4, 0.5) is 8.78 Å². The van der Waals surface area contributed by atoms with Gasteiger partial charge in [0.05, 0.1) is 23.4 Å². The molecule has 5 nitrogen and oxygen atoms in total. The highest BCUT2D eigenvalue weighted by Crippen LogP contribution is 2.44. The summed E-state index contributed by atoms with van der Waals surface area (Å²) in [6.45, 7) is 6.52. The molecule has 2 atom stereocenters. The number of halogens is 2. The molecule has 1 amide bonds. The van der Waals surface area contributed by atoms with Crippen molar-refractivity contribution in [1.82, 2.24) is 4.90 Å². The monoisotopic (exact) mass is 473 g/mol. The van der Waals surface area contributed by atoms with Crippen LogP contribution in [-0.2, 0) is 15.1 Å². The van der Waals surface area contributed by atoms with Crippen molar-refractivity contribution in [1.29, 1.82) is 0 Å². The number of piperidine rings is 1. The summed E-state index contributed by atoms with van der Waals surface area (Å²) in [6.07, 6.45) is 2.36. The molecule has 2 aliphatic rings. The van der Waals surface area contributed by atoms with Crippen molar-refractivity contribution in [3.63, 3.8) is 0 Å². The molecule has 2 unspecified atom stereocenters. The first-order valence-electron chi connectivity index (χ1n) is 12.0. The van der Waals surface area contributed by atoms with Gasteiger partial charge in [-0.3, -0.25) is 4.79 Å². The second kappa shape index (κ2) is 9.72. The SMILES string of the molecule is CCOC1CC(c2cccc(F)c2)OC2(CCN(C(=O)c3ccc(C(C)(C)O)c(F)c3)CC2)C1. The van der Waals surface area contributed by atoms with Gasteiger partial charge in [0.15, 0.2) is 0 Å². The summed E-state index contributed by atoms with van der Waals surface area (Å²) in [6, 6.07) is 10.7. The van der Waals surface area contributed by atoms with Crippen LogP contribution in [0.5, 0.6) is 0 Å². The number of amides is 1. The molecule has 184 valence electrons. The van der Waals surface area contributed by atoms with Gasteiger partial charge in [0.1, 0.15) is 11.6 Å².